The molecule has 2 aromatic rings. The smallest absolute Gasteiger partial charge is 0.282 e. The van der Waals surface area contributed by atoms with Crippen molar-refractivity contribution >= 4 is 23.6 Å². The van der Waals surface area contributed by atoms with Crippen molar-refractivity contribution in [3.8, 4) is 11.5 Å². The van der Waals surface area contributed by atoms with E-state index in [4.69, 9.17) is 9.47 Å². The van der Waals surface area contributed by atoms with Gasteiger partial charge in [0, 0.05) is 5.56 Å². The zero-order valence-corrected chi connectivity index (χ0v) is 18.4. The number of ether oxygens (including phenoxy) is 2. The SMILES string of the molecule is C=CCc1cc(/C=C2/C(=O)NN(c3ccccc3)C2=O)cc(OCC)c1OC(C)(C)C. The summed E-state index contributed by atoms with van der Waals surface area (Å²) in [5, 5.41) is 1.25. The van der Waals surface area contributed by atoms with Crippen molar-refractivity contribution < 1.29 is 19.1 Å². The van der Waals surface area contributed by atoms with Crippen LogP contribution >= 0.6 is 0 Å². The summed E-state index contributed by atoms with van der Waals surface area (Å²) in [7, 11) is 0. The molecule has 0 atom stereocenters. The highest BCUT2D eigenvalue weighted by Gasteiger charge is 2.34. The van der Waals surface area contributed by atoms with Crippen molar-refractivity contribution in [1.82, 2.24) is 5.43 Å². The highest BCUT2D eigenvalue weighted by atomic mass is 16.5. The van der Waals surface area contributed by atoms with Gasteiger partial charge >= 0.3 is 0 Å². The maximum atomic E-state index is 12.9. The molecule has 3 rings (SSSR count). The Morgan fingerprint density at radius 1 is 1.13 bits per heavy atom. The quantitative estimate of drug-likeness (QED) is 0.408. The largest absolute Gasteiger partial charge is 0.490 e. The Kier molecular flexibility index (Phi) is 6.49. The molecule has 0 aromatic heterocycles. The summed E-state index contributed by atoms with van der Waals surface area (Å²) in [5.41, 5.74) is 4.40. The number of carbonyl (C=O) groups is 2. The molecule has 0 unspecified atom stereocenters. The normalized spacial score (nSPS) is 15.2. The highest BCUT2D eigenvalue weighted by Crippen LogP contribution is 2.37. The second-order valence-electron chi connectivity index (χ2n) is 8.12. The number of hydrogen-bond acceptors (Lipinski definition) is 4. The third-order valence-corrected chi connectivity index (χ3v) is 4.44. The molecule has 162 valence electrons. The Hall–Kier alpha value is -3.54. The first kappa shape index (κ1) is 22.2. The second-order valence-corrected chi connectivity index (χ2v) is 8.12. The number of carbonyl (C=O) groups excluding carboxylic acids is 2. The first-order valence-corrected chi connectivity index (χ1v) is 10.3. The highest BCUT2D eigenvalue weighted by molar-refractivity contribution is 6.31. The Morgan fingerprint density at radius 3 is 2.45 bits per heavy atom. The van der Waals surface area contributed by atoms with Gasteiger partial charge in [-0.2, -0.15) is 0 Å². The number of anilines is 1. The van der Waals surface area contributed by atoms with Crippen LogP contribution in [-0.2, 0) is 16.0 Å². The van der Waals surface area contributed by atoms with Crippen LogP contribution in [-0.4, -0.2) is 24.0 Å². The van der Waals surface area contributed by atoms with Crippen LogP contribution in [0.1, 0.15) is 38.8 Å². The molecule has 0 spiro atoms. The van der Waals surface area contributed by atoms with E-state index in [0.29, 0.717) is 35.8 Å². The third-order valence-electron chi connectivity index (χ3n) is 4.44. The molecule has 0 aliphatic carbocycles. The zero-order valence-electron chi connectivity index (χ0n) is 18.4. The fourth-order valence-electron chi connectivity index (χ4n) is 3.24. The lowest BCUT2D eigenvalue weighted by Crippen LogP contribution is -2.35. The monoisotopic (exact) mass is 420 g/mol. The van der Waals surface area contributed by atoms with E-state index in [0.717, 1.165) is 5.56 Å². The average molecular weight is 421 g/mol. The number of benzene rings is 2. The summed E-state index contributed by atoms with van der Waals surface area (Å²) >= 11 is 0. The minimum absolute atomic E-state index is 0.0559. The number of nitrogens with zero attached hydrogens (tertiary/aromatic N) is 1. The average Bonchev–Trinajstić information content (AvgIpc) is 2.99. The summed E-state index contributed by atoms with van der Waals surface area (Å²) in [6, 6.07) is 12.7. The zero-order chi connectivity index (χ0) is 22.6. The van der Waals surface area contributed by atoms with Crippen LogP contribution in [0.4, 0.5) is 5.69 Å². The van der Waals surface area contributed by atoms with Gasteiger partial charge in [0.05, 0.1) is 12.3 Å². The molecule has 0 saturated carbocycles. The first-order valence-electron chi connectivity index (χ1n) is 10.3. The van der Waals surface area contributed by atoms with Crippen LogP contribution in [0, 0.1) is 0 Å². The minimum atomic E-state index is -0.452. The molecule has 2 amide bonds. The Balaban J connectivity index is 2.03. The maximum Gasteiger partial charge on any atom is 0.282 e. The predicted octanol–water partition coefficient (Wildman–Crippen LogP) is 4.45. The van der Waals surface area contributed by atoms with E-state index in [1.165, 1.54) is 5.01 Å². The van der Waals surface area contributed by atoms with E-state index in [-0.39, 0.29) is 5.57 Å². The topological polar surface area (TPSA) is 67.9 Å². The van der Waals surface area contributed by atoms with Crippen molar-refractivity contribution in [3.05, 3.63) is 71.8 Å². The van der Waals surface area contributed by atoms with Crippen LogP contribution < -0.4 is 19.9 Å². The van der Waals surface area contributed by atoms with E-state index in [2.05, 4.69) is 12.0 Å². The van der Waals surface area contributed by atoms with Crippen molar-refractivity contribution in [2.75, 3.05) is 11.6 Å². The molecule has 0 bridgehead atoms. The minimum Gasteiger partial charge on any atom is -0.490 e. The van der Waals surface area contributed by atoms with E-state index in [1.807, 2.05) is 39.8 Å². The lowest BCUT2D eigenvalue weighted by Gasteiger charge is -2.25. The summed E-state index contributed by atoms with van der Waals surface area (Å²) in [5.74, 6) is 0.348. The van der Waals surface area contributed by atoms with E-state index in [1.54, 1.807) is 42.5 Å². The van der Waals surface area contributed by atoms with Gasteiger partial charge in [-0.15, -0.1) is 6.58 Å². The molecule has 6 nitrogen and oxygen atoms in total. The fraction of sp³-hybridized carbons (Fsp3) is 0.280. The standard InChI is InChI=1S/C25H28N2O4/c1-6-11-18-14-17(16-21(30-7-2)22(18)31-25(3,4)5)15-20-23(28)26-27(24(20)29)19-12-9-8-10-13-19/h6,8-10,12-16H,1,7,11H2,2-5H3,(H,26,28)/b20-15-. The molecule has 1 heterocycles. The molecule has 2 aromatic carbocycles. The van der Waals surface area contributed by atoms with Gasteiger partial charge in [0.15, 0.2) is 11.5 Å². The Morgan fingerprint density at radius 2 is 1.84 bits per heavy atom. The molecular weight excluding hydrogens is 392 g/mol. The van der Waals surface area contributed by atoms with Crippen molar-refractivity contribution in [2.24, 2.45) is 0 Å². The van der Waals surface area contributed by atoms with Crippen molar-refractivity contribution in [3.63, 3.8) is 0 Å². The van der Waals surface area contributed by atoms with Gasteiger partial charge in [-0.1, -0.05) is 24.3 Å². The Bertz CT molecular complexity index is 1020. The second kappa shape index (κ2) is 9.08. The summed E-state index contributed by atoms with van der Waals surface area (Å²) in [6.07, 6.45) is 3.91. The number of para-hydroxylation sites is 1. The number of hydrogen-bond donors (Lipinski definition) is 1. The van der Waals surface area contributed by atoms with Gasteiger partial charge in [0.1, 0.15) is 11.2 Å². The van der Waals surface area contributed by atoms with Crippen molar-refractivity contribution in [2.45, 2.75) is 39.7 Å². The number of rotatable bonds is 7. The van der Waals surface area contributed by atoms with Gasteiger partial charge in [0.25, 0.3) is 11.8 Å². The molecule has 1 N–H and O–H groups in total. The number of hydrazine groups is 1. The molecular formula is C25H28N2O4. The van der Waals surface area contributed by atoms with Gasteiger partial charge in [-0.05, 0) is 70.0 Å². The summed E-state index contributed by atoms with van der Waals surface area (Å²) in [6.45, 7) is 12.1. The van der Waals surface area contributed by atoms with E-state index < -0.39 is 17.4 Å². The maximum absolute atomic E-state index is 12.9. The number of amides is 2. The number of allylic oxidation sites excluding steroid dienone is 1. The van der Waals surface area contributed by atoms with Crippen LogP contribution in [0.25, 0.3) is 6.08 Å². The van der Waals surface area contributed by atoms with E-state index in [9.17, 15) is 9.59 Å². The van der Waals surface area contributed by atoms with E-state index >= 15 is 0 Å². The van der Waals surface area contributed by atoms with Crippen LogP contribution in [0.5, 0.6) is 11.5 Å². The third kappa shape index (κ3) is 5.15. The number of nitrogens with one attached hydrogen (secondary N) is 1. The fourth-order valence-corrected chi connectivity index (χ4v) is 3.24. The molecule has 6 heteroatoms. The molecule has 1 saturated heterocycles. The molecule has 1 aliphatic rings. The summed E-state index contributed by atoms with van der Waals surface area (Å²) < 4.78 is 12.0. The Labute approximate surface area is 183 Å². The molecule has 1 aliphatic heterocycles. The van der Waals surface area contributed by atoms with Gasteiger partial charge < -0.3 is 9.47 Å². The van der Waals surface area contributed by atoms with Crippen LogP contribution in [0.3, 0.4) is 0 Å². The molecule has 0 radical (unpaired) electrons. The van der Waals surface area contributed by atoms with Gasteiger partial charge in [-0.3, -0.25) is 15.0 Å². The molecule has 1 fully saturated rings. The lowest BCUT2D eigenvalue weighted by atomic mass is 10.0. The van der Waals surface area contributed by atoms with Crippen LogP contribution in [0.2, 0.25) is 0 Å². The molecule has 31 heavy (non-hydrogen) atoms. The van der Waals surface area contributed by atoms with Gasteiger partial charge in [0.2, 0.25) is 0 Å². The summed E-state index contributed by atoms with van der Waals surface area (Å²) in [4.78, 5) is 25.4. The van der Waals surface area contributed by atoms with Crippen LogP contribution in [0.15, 0.2) is 60.7 Å². The van der Waals surface area contributed by atoms with Crippen molar-refractivity contribution in [1.29, 1.82) is 0 Å². The van der Waals surface area contributed by atoms with Gasteiger partial charge in [-0.25, -0.2) is 5.01 Å². The lowest BCUT2D eigenvalue weighted by molar-refractivity contribution is -0.117. The first-order chi connectivity index (χ1) is 14.7. The predicted molar refractivity (Wildman–Crippen MR) is 122 cm³/mol.